The molecule has 0 atom stereocenters. The predicted molar refractivity (Wildman–Crippen MR) is 77.0 cm³/mol. The van der Waals surface area contributed by atoms with Gasteiger partial charge in [0.15, 0.2) is 0 Å². The molecule has 20 heavy (non-hydrogen) atoms. The van der Waals surface area contributed by atoms with Crippen molar-refractivity contribution >= 4 is 17.3 Å². The number of hydrogen-bond acceptors (Lipinski definition) is 4. The monoisotopic (exact) mass is 291 g/mol. The average molecular weight is 291 g/mol. The van der Waals surface area contributed by atoms with Gasteiger partial charge in [-0.1, -0.05) is 0 Å². The van der Waals surface area contributed by atoms with Crippen molar-refractivity contribution in [1.82, 2.24) is 14.7 Å². The van der Waals surface area contributed by atoms with E-state index < -0.39 is 5.97 Å². The Morgan fingerprint density at radius 1 is 1.55 bits per heavy atom. The lowest BCUT2D eigenvalue weighted by molar-refractivity contribution is 0.0702. The van der Waals surface area contributed by atoms with Crippen LogP contribution in [-0.2, 0) is 26.6 Å². The number of aromatic nitrogens is 2. The van der Waals surface area contributed by atoms with Gasteiger partial charge < -0.3 is 5.11 Å². The summed E-state index contributed by atoms with van der Waals surface area (Å²) in [4.78, 5) is 15.1. The largest absolute Gasteiger partial charge is 0.477 e. The van der Waals surface area contributed by atoms with Gasteiger partial charge in [-0.2, -0.15) is 5.10 Å². The standard InChI is InChI=1S/C14H17N3O2S/c1-9-11(6-16(2)15-9)8-17-4-3-12-10(7-17)5-13(20-12)14(18)19/h5-6H,3-4,7-8H2,1-2H3,(H,18,19). The Labute approximate surface area is 121 Å². The van der Waals surface area contributed by atoms with E-state index >= 15 is 0 Å². The van der Waals surface area contributed by atoms with E-state index in [9.17, 15) is 4.79 Å². The lowest BCUT2D eigenvalue weighted by Crippen LogP contribution is -2.29. The van der Waals surface area contributed by atoms with Crippen LogP contribution in [-0.4, -0.2) is 32.3 Å². The summed E-state index contributed by atoms with van der Waals surface area (Å²) < 4.78 is 1.84. The lowest BCUT2D eigenvalue weighted by Gasteiger charge is -2.26. The molecule has 3 rings (SSSR count). The molecule has 0 unspecified atom stereocenters. The van der Waals surface area contributed by atoms with Crippen LogP contribution in [0.15, 0.2) is 12.3 Å². The maximum Gasteiger partial charge on any atom is 0.345 e. The lowest BCUT2D eigenvalue weighted by atomic mass is 10.1. The molecule has 0 aliphatic carbocycles. The first-order valence-corrected chi connectivity index (χ1v) is 7.41. The molecule has 1 aliphatic heterocycles. The molecule has 0 radical (unpaired) electrons. The predicted octanol–water partition coefficient (Wildman–Crippen LogP) is 2.05. The van der Waals surface area contributed by atoms with E-state index in [0.29, 0.717) is 4.88 Å². The minimum atomic E-state index is -0.820. The van der Waals surface area contributed by atoms with Crippen LogP contribution in [0.2, 0.25) is 0 Å². The van der Waals surface area contributed by atoms with E-state index in [-0.39, 0.29) is 0 Å². The Hall–Kier alpha value is -1.66. The number of nitrogens with zero attached hydrogens (tertiary/aromatic N) is 3. The molecular formula is C14H17N3O2S. The molecule has 3 heterocycles. The molecule has 0 saturated heterocycles. The van der Waals surface area contributed by atoms with E-state index in [1.807, 2.05) is 24.7 Å². The molecule has 0 spiro atoms. The van der Waals surface area contributed by atoms with Crippen LogP contribution >= 0.6 is 11.3 Å². The number of carbonyl (C=O) groups is 1. The number of aromatic carboxylic acids is 1. The third-order valence-electron chi connectivity index (χ3n) is 3.67. The van der Waals surface area contributed by atoms with Crippen LogP contribution in [0.5, 0.6) is 0 Å². The zero-order valence-corrected chi connectivity index (χ0v) is 12.4. The van der Waals surface area contributed by atoms with Crippen LogP contribution in [0.25, 0.3) is 0 Å². The highest BCUT2D eigenvalue weighted by atomic mass is 32.1. The second kappa shape index (κ2) is 5.03. The molecule has 0 aromatic carbocycles. The Balaban J connectivity index is 1.75. The van der Waals surface area contributed by atoms with Crippen molar-refractivity contribution in [2.45, 2.75) is 26.4 Å². The molecule has 5 nitrogen and oxygen atoms in total. The summed E-state index contributed by atoms with van der Waals surface area (Å²) >= 11 is 1.42. The molecular weight excluding hydrogens is 274 g/mol. The summed E-state index contributed by atoms with van der Waals surface area (Å²) in [7, 11) is 1.93. The summed E-state index contributed by atoms with van der Waals surface area (Å²) in [5.41, 5.74) is 3.47. The van der Waals surface area contributed by atoms with Crippen molar-refractivity contribution < 1.29 is 9.90 Å². The Morgan fingerprint density at radius 2 is 2.35 bits per heavy atom. The maximum atomic E-state index is 11.0. The first kappa shape index (κ1) is 13.3. The fourth-order valence-electron chi connectivity index (χ4n) is 2.68. The molecule has 1 N–H and O–H groups in total. The molecule has 0 saturated carbocycles. The number of carboxylic acids is 1. The Bertz CT molecular complexity index is 659. The number of hydrogen-bond donors (Lipinski definition) is 1. The number of fused-ring (bicyclic) bond motifs is 1. The fourth-order valence-corrected chi connectivity index (χ4v) is 3.68. The summed E-state index contributed by atoms with van der Waals surface area (Å²) in [5.74, 6) is -0.820. The third-order valence-corrected chi connectivity index (χ3v) is 4.89. The molecule has 0 amide bonds. The van der Waals surface area contributed by atoms with Crippen LogP contribution in [0.1, 0.15) is 31.4 Å². The van der Waals surface area contributed by atoms with E-state index in [1.165, 1.54) is 27.3 Å². The van der Waals surface area contributed by atoms with Crippen LogP contribution < -0.4 is 0 Å². The van der Waals surface area contributed by atoms with E-state index in [1.54, 1.807) is 0 Å². The van der Waals surface area contributed by atoms with Gasteiger partial charge in [-0.25, -0.2) is 4.79 Å². The quantitative estimate of drug-likeness (QED) is 0.940. The molecule has 0 fully saturated rings. The highest BCUT2D eigenvalue weighted by Gasteiger charge is 2.21. The van der Waals surface area contributed by atoms with Gasteiger partial charge in [0.1, 0.15) is 4.88 Å². The number of thiophene rings is 1. The SMILES string of the molecule is Cc1nn(C)cc1CN1CCc2sc(C(=O)O)cc2C1. The summed E-state index contributed by atoms with van der Waals surface area (Å²) in [5, 5.41) is 13.4. The van der Waals surface area contributed by atoms with Crippen molar-refractivity contribution in [3.63, 3.8) is 0 Å². The van der Waals surface area contributed by atoms with Gasteiger partial charge in [-0.05, 0) is 25.0 Å². The Morgan fingerprint density at radius 3 is 3.00 bits per heavy atom. The molecule has 2 aromatic rings. The fraction of sp³-hybridized carbons (Fsp3) is 0.429. The molecule has 106 valence electrons. The summed E-state index contributed by atoms with van der Waals surface area (Å²) in [6.07, 6.45) is 2.99. The number of rotatable bonds is 3. The second-order valence-electron chi connectivity index (χ2n) is 5.24. The molecule has 0 bridgehead atoms. The zero-order chi connectivity index (χ0) is 14.3. The maximum absolute atomic E-state index is 11.0. The minimum absolute atomic E-state index is 0.453. The van der Waals surface area contributed by atoms with Crippen molar-refractivity contribution in [1.29, 1.82) is 0 Å². The van der Waals surface area contributed by atoms with Crippen molar-refractivity contribution in [3.8, 4) is 0 Å². The third kappa shape index (κ3) is 2.48. The van der Waals surface area contributed by atoms with E-state index in [2.05, 4.69) is 16.2 Å². The second-order valence-corrected chi connectivity index (χ2v) is 6.38. The van der Waals surface area contributed by atoms with Crippen LogP contribution in [0.3, 0.4) is 0 Å². The normalized spacial score (nSPS) is 15.3. The summed E-state index contributed by atoms with van der Waals surface area (Å²) in [6.45, 7) is 4.70. The smallest absolute Gasteiger partial charge is 0.345 e. The average Bonchev–Trinajstić information content (AvgIpc) is 2.93. The van der Waals surface area contributed by atoms with Crippen LogP contribution in [0, 0.1) is 6.92 Å². The van der Waals surface area contributed by atoms with Gasteiger partial charge in [-0.3, -0.25) is 9.58 Å². The number of carboxylic acid groups (broad SMARTS) is 1. The van der Waals surface area contributed by atoms with E-state index in [0.717, 1.165) is 31.7 Å². The molecule has 2 aromatic heterocycles. The van der Waals surface area contributed by atoms with Crippen molar-refractivity contribution in [3.05, 3.63) is 38.8 Å². The zero-order valence-electron chi connectivity index (χ0n) is 11.6. The molecule has 6 heteroatoms. The van der Waals surface area contributed by atoms with E-state index in [4.69, 9.17) is 5.11 Å². The van der Waals surface area contributed by atoms with Gasteiger partial charge in [0.2, 0.25) is 0 Å². The Kier molecular flexibility index (Phi) is 3.35. The first-order chi connectivity index (χ1) is 9.52. The summed E-state index contributed by atoms with van der Waals surface area (Å²) in [6, 6.07) is 1.82. The minimum Gasteiger partial charge on any atom is -0.477 e. The highest BCUT2D eigenvalue weighted by molar-refractivity contribution is 7.14. The van der Waals surface area contributed by atoms with Gasteiger partial charge >= 0.3 is 5.97 Å². The van der Waals surface area contributed by atoms with Crippen molar-refractivity contribution in [2.75, 3.05) is 6.54 Å². The first-order valence-electron chi connectivity index (χ1n) is 6.59. The number of aryl methyl sites for hydroxylation is 2. The van der Waals surface area contributed by atoms with Crippen molar-refractivity contribution in [2.24, 2.45) is 7.05 Å². The van der Waals surface area contributed by atoms with Gasteiger partial charge in [0.05, 0.1) is 5.69 Å². The van der Waals surface area contributed by atoms with Gasteiger partial charge in [0.25, 0.3) is 0 Å². The topological polar surface area (TPSA) is 58.4 Å². The molecule has 1 aliphatic rings. The van der Waals surface area contributed by atoms with Gasteiger partial charge in [0, 0.05) is 43.3 Å². The van der Waals surface area contributed by atoms with Gasteiger partial charge in [-0.15, -0.1) is 11.3 Å². The highest BCUT2D eigenvalue weighted by Crippen LogP contribution is 2.29. The van der Waals surface area contributed by atoms with Crippen LogP contribution in [0.4, 0.5) is 0 Å².